The predicted octanol–water partition coefficient (Wildman–Crippen LogP) is 4.28. The Bertz CT molecular complexity index is 343. The Balaban J connectivity index is 2.79. The second kappa shape index (κ2) is 7.39. The number of hydrogen-bond donors (Lipinski definition) is 1. The average Bonchev–Trinajstić information content (AvgIpc) is 2.21. The maximum absolute atomic E-state index is 5.80. The molecule has 1 aromatic carbocycles. The van der Waals surface area contributed by atoms with Gasteiger partial charge in [-0.1, -0.05) is 13.3 Å². The Morgan fingerprint density at radius 3 is 2.35 bits per heavy atom. The summed E-state index contributed by atoms with van der Waals surface area (Å²) in [5.74, 6) is 0.881. The van der Waals surface area contributed by atoms with Gasteiger partial charge in [-0.3, -0.25) is 0 Å². The smallest absolute Gasteiger partial charge is 0.147 e. The molecule has 0 aliphatic carbocycles. The van der Waals surface area contributed by atoms with Gasteiger partial charge < -0.3 is 10.5 Å². The minimum atomic E-state index is 0.167. The molecule has 1 unspecified atom stereocenters. The molecule has 96 valence electrons. The Kier molecular flexibility index (Phi) is 6.52. The van der Waals surface area contributed by atoms with Crippen LogP contribution in [0.15, 0.2) is 21.1 Å². The number of halogens is 2. The Morgan fingerprint density at radius 1 is 1.29 bits per heavy atom. The molecule has 0 bridgehead atoms. The normalized spacial score (nSPS) is 12.5. The molecule has 0 saturated heterocycles. The van der Waals surface area contributed by atoms with Crippen LogP contribution in [0.5, 0.6) is 5.75 Å². The van der Waals surface area contributed by atoms with Crippen molar-refractivity contribution in [2.24, 2.45) is 5.73 Å². The van der Waals surface area contributed by atoms with E-state index < -0.39 is 0 Å². The van der Waals surface area contributed by atoms with Crippen LogP contribution in [0.1, 0.15) is 32.3 Å². The first-order valence-electron chi connectivity index (χ1n) is 5.91. The first kappa shape index (κ1) is 15.0. The number of rotatable bonds is 6. The zero-order valence-electron chi connectivity index (χ0n) is 10.3. The van der Waals surface area contributed by atoms with Crippen molar-refractivity contribution < 1.29 is 4.74 Å². The molecule has 0 amide bonds. The molecule has 17 heavy (non-hydrogen) atoms. The summed E-state index contributed by atoms with van der Waals surface area (Å²) in [6.45, 7) is 4.91. The van der Waals surface area contributed by atoms with E-state index in [4.69, 9.17) is 10.5 Å². The monoisotopic (exact) mass is 363 g/mol. The van der Waals surface area contributed by atoms with E-state index in [9.17, 15) is 0 Å². The summed E-state index contributed by atoms with van der Waals surface area (Å²) >= 11 is 7.09. The highest BCUT2D eigenvalue weighted by Gasteiger charge is 2.09. The van der Waals surface area contributed by atoms with Gasteiger partial charge in [-0.15, -0.1) is 0 Å². The average molecular weight is 365 g/mol. The molecule has 2 nitrogen and oxygen atoms in total. The van der Waals surface area contributed by atoms with E-state index in [1.807, 2.05) is 6.92 Å². The lowest BCUT2D eigenvalue weighted by Gasteiger charge is -2.13. The third kappa shape index (κ3) is 4.98. The molecule has 0 heterocycles. The van der Waals surface area contributed by atoms with Crippen LogP contribution < -0.4 is 10.5 Å². The minimum absolute atomic E-state index is 0.167. The zero-order chi connectivity index (χ0) is 12.8. The summed E-state index contributed by atoms with van der Waals surface area (Å²) in [4.78, 5) is 0. The summed E-state index contributed by atoms with van der Waals surface area (Å²) < 4.78 is 7.71. The van der Waals surface area contributed by atoms with Gasteiger partial charge in [0, 0.05) is 6.04 Å². The van der Waals surface area contributed by atoms with Crippen molar-refractivity contribution in [1.29, 1.82) is 0 Å². The van der Waals surface area contributed by atoms with Crippen LogP contribution in [0, 0.1) is 0 Å². The summed E-state index contributed by atoms with van der Waals surface area (Å²) in [5.41, 5.74) is 7.01. The van der Waals surface area contributed by atoms with Crippen LogP contribution in [0.25, 0.3) is 0 Å². The van der Waals surface area contributed by atoms with Crippen molar-refractivity contribution in [3.05, 3.63) is 26.6 Å². The molecular formula is C13H19Br2NO. The SMILES string of the molecule is CCCCOc1c(Br)cc(CC(C)N)cc1Br. The van der Waals surface area contributed by atoms with Crippen LogP contribution in [0.2, 0.25) is 0 Å². The van der Waals surface area contributed by atoms with Crippen molar-refractivity contribution in [3.8, 4) is 5.75 Å². The summed E-state index contributed by atoms with van der Waals surface area (Å²) in [7, 11) is 0. The van der Waals surface area contributed by atoms with E-state index >= 15 is 0 Å². The number of unbranched alkanes of at least 4 members (excludes halogenated alkanes) is 1. The summed E-state index contributed by atoms with van der Waals surface area (Å²) in [6, 6.07) is 4.32. The van der Waals surface area contributed by atoms with Crippen molar-refractivity contribution >= 4 is 31.9 Å². The molecule has 0 spiro atoms. The zero-order valence-corrected chi connectivity index (χ0v) is 13.5. The molecule has 0 radical (unpaired) electrons. The minimum Gasteiger partial charge on any atom is -0.491 e. The second-order valence-electron chi connectivity index (χ2n) is 4.27. The fourth-order valence-electron chi connectivity index (χ4n) is 1.56. The van der Waals surface area contributed by atoms with E-state index in [-0.39, 0.29) is 6.04 Å². The first-order chi connectivity index (χ1) is 8.04. The summed E-state index contributed by atoms with van der Waals surface area (Å²) in [5, 5.41) is 0. The highest BCUT2D eigenvalue weighted by molar-refractivity contribution is 9.11. The van der Waals surface area contributed by atoms with Gasteiger partial charge in [-0.05, 0) is 69.3 Å². The summed E-state index contributed by atoms with van der Waals surface area (Å²) in [6.07, 6.45) is 3.07. The molecule has 0 saturated carbocycles. The van der Waals surface area contributed by atoms with Gasteiger partial charge in [0.15, 0.2) is 0 Å². The third-order valence-corrected chi connectivity index (χ3v) is 3.54. The Morgan fingerprint density at radius 2 is 1.88 bits per heavy atom. The molecular weight excluding hydrogens is 346 g/mol. The van der Waals surface area contributed by atoms with Crippen LogP contribution in [0.3, 0.4) is 0 Å². The molecule has 0 aromatic heterocycles. The predicted molar refractivity (Wildman–Crippen MR) is 79.6 cm³/mol. The molecule has 0 aliphatic heterocycles. The highest BCUT2D eigenvalue weighted by Crippen LogP contribution is 2.35. The maximum Gasteiger partial charge on any atom is 0.147 e. The molecule has 2 N–H and O–H groups in total. The van der Waals surface area contributed by atoms with Gasteiger partial charge in [0.05, 0.1) is 15.6 Å². The molecule has 1 atom stereocenters. The molecule has 0 fully saturated rings. The van der Waals surface area contributed by atoms with Crippen molar-refractivity contribution in [3.63, 3.8) is 0 Å². The lowest BCUT2D eigenvalue weighted by Crippen LogP contribution is -2.17. The van der Waals surface area contributed by atoms with Gasteiger partial charge in [-0.2, -0.15) is 0 Å². The number of hydrogen-bond acceptors (Lipinski definition) is 2. The number of benzene rings is 1. The van der Waals surface area contributed by atoms with Crippen LogP contribution >= 0.6 is 31.9 Å². The van der Waals surface area contributed by atoms with Gasteiger partial charge in [0.1, 0.15) is 5.75 Å². The van der Waals surface area contributed by atoms with Gasteiger partial charge >= 0.3 is 0 Å². The quantitative estimate of drug-likeness (QED) is 0.764. The number of ether oxygens (including phenoxy) is 1. The maximum atomic E-state index is 5.80. The fourth-order valence-corrected chi connectivity index (χ4v) is 3.07. The lowest BCUT2D eigenvalue weighted by molar-refractivity contribution is 0.305. The van der Waals surface area contributed by atoms with Crippen LogP contribution in [-0.2, 0) is 6.42 Å². The highest BCUT2D eigenvalue weighted by atomic mass is 79.9. The van der Waals surface area contributed by atoms with Gasteiger partial charge in [-0.25, -0.2) is 0 Å². The lowest BCUT2D eigenvalue weighted by atomic mass is 10.1. The van der Waals surface area contributed by atoms with E-state index in [1.54, 1.807) is 0 Å². The largest absolute Gasteiger partial charge is 0.491 e. The molecule has 0 aliphatic rings. The topological polar surface area (TPSA) is 35.2 Å². The van der Waals surface area contributed by atoms with Crippen LogP contribution in [-0.4, -0.2) is 12.6 Å². The van der Waals surface area contributed by atoms with Crippen molar-refractivity contribution in [1.82, 2.24) is 0 Å². The van der Waals surface area contributed by atoms with E-state index in [2.05, 4.69) is 50.9 Å². The van der Waals surface area contributed by atoms with Gasteiger partial charge in [0.2, 0.25) is 0 Å². The first-order valence-corrected chi connectivity index (χ1v) is 7.49. The molecule has 1 rings (SSSR count). The number of nitrogens with two attached hydrogens (primary N) is 1. The molecule has 4 heteroatoms. The van der Waals surface area contributed by atoms with Crippen molar-refractivity contribution in [2.45, 2.75) is 39.2 Å². The van der Waals surface area contributed by atoms with Crippen LogP contribution in [0.4, 0.5) is 0 Å². The van der Waals surface area contributed by atoms with E-state index in [0.29, 0.717) is 0 Å². The second-order valence-corrected chi connectivity index (χ2v) is 5.98. The molecule has 1 aromatic rings. The fraction of sp³-hybridized carbons (Fsp3) is 0.538. The standard InChI is InChI=1S/C13H19Br2NO/c1-3-4-5-17-13-11(14)7-10(6-9(2)16)8-12(13)15/h7-9H,3-6,16H2,1-2H3. The van der Waals surface area contributed by atoms with E-state index in [0.717, 1.165) is 40.6 Å². The Hall–Kier alpha value is -0.0600. The Labute approximate surface area is 120 Å². The van der Waals surface area contributed by atoms with Crippen molar-refractivity contribution in [2.75, 3.05) is 6.61 Å². The van der Waals surface area contributed by atoms with Gasteiger partial charge in [0.25, 0.3) is 0 Å². The third-order valence-electron chi connectivity index (χ3n) is 2.36. The van der Waals surface area contributed by atoms with E-state index in [1.165, 1.54) is 5.56 Å².